The fourth-order valence-electron chi connectivity index (χ4n) is 7.73. The first-order chi connectivity index (χ1) is 13.5. The van der Waals surface area contributed by atoms with Gasteiger partial charge in [-0.05, 0) is 67.6 Å². The molecule has 2 heteroatoms. The van der Waals surface area contributed by atoms with E-state index < -0.39 is 0 Å². The summed E-state index contributed by atoms with van der Waals surface area (Å²) in [5, 5.41) is 13.3. The Morgan fingerprint density at radius 1 is 1.14 bits per heavy atom. The summed E-state index contributed by atoms with van der Waals surface area (Å²) >= 11 is 0. The molecule has 0 amide bonds. The number of nitrogens with one attached hydrogen (secondary N) is 1. The maximum atomic E-state index is 9.61. The molecule has 1 saturated heterocycles. The van der Waals surface area contributed by atoms with Crippen LogP contribution in [0, 0.1) is 69.5 Å². The minimum Gasteiger partial charge on any atom is -0.310 e. The number of hydrogen-bond acceptors (Lipinski definition) is 2. The third-order valence-corrected chi connectivity index (χ3v) is 9.14. The summed E-state index contributed by atoms with van der Waals surface area (Å²) in [6.45, 7) is 8.20. The SMILES string of the molecule is CC(C)C#C[C@@]1(C2CN2)CCC2C3CCC4C(=CC=CC4C#N)C3CC[C@@]21C. The van der Waals surface area contributed by atoms with Crippen LogP contribution in [0.5, 0.6) is 0 Å². The van der Waals surface area contributed by atoms with Gasteiger partial charge in [-0.15, -0.1) is 0 Å². The summed E-state index contributed by atoms with van der Waals surface area (Å²) in [4.78, 5) is 0. The van der Waals surface area contributed by atoms with Crippen molar-refractivity contribution in [2.24, 2.45) is 46.3 Å². The summed E-state index contributed by atoms with van der Waals surface area (Å²) < 4.78 is 0. The Morgan fingerprint density at radius 3 is 2.68 bits per heavy atom. The van der Waals surface area contributed by atoms with Crippen LogP contribution < -0.4 is 5.32 Å². The van der Waals surface area contributed by atoms with Gasteiger partial charge in [0.25, 0.3) is 0 Å². The van der Waals surface area contributed by atoms with Gasteiger partial charge in [0.2, 0.25) is 0 Å². The standard InChI is InChI=1S/C26H34N2/c1-17(2)9-13-26(24-16-28-24)14-11-23-22-8-7-19-18(15-27)5-4-6-20(19)21(22)10-12-25(23,26)3/h4-6,17-19,21-24,28H,7-8,10-12,14,16H2,1-3H3/t18?,19?,21?,22?,23?,24?,25-,26-/m0/s1. The predicted molar refractivity (Wildman–Crippen MR) is 113 cm³/mol. The molecule has 0 spiro atoms. The van der Waals surface area contributed by atoms with E-state index in [1.807, 2.05) is 0 Å². The lowest BCUT2D eigenvalue weighted by Gasteiger charge is -2.55. The number of hydrogen-bond donors (Lipinski definition) is 1. The van der Waals surface area contributed by atoms with Gasteiger partial charge in [-0.3, -0.25) is 0 Å². The summed E-state index contributed by atoms with van der Waals surface area (Å²) in [6, 6.07) is 3.17. The van der Waals surface area contributed by atoms with E-state index in [2.05, 4.69) is 62.2 Å². The monoisotopic (exact) mass is 374 g/mol. The molecule has 148 valence electrons. The summed E-state index contributed by atoms with van der Waals surface area (Å²) in [7, 11) is 0. The van der Waals surface area contributed by atoms with Crippen molar-refractivity contribution in [2.75, 3.05) is 6.54 Å². The maximum Gasteiger partial charge on any atom is 0.0712 e. The van der Waals surface area contributed by atoms with Crippen LogP contribution in [0.2, 0.25) is 0 Å². The van der Waals surface area contributed by atoms with Gasteiger partial charge >= 0.3 is 0 Å². The molecular weight excluding hydrogens is 340 g/mol. The largest absolute Gasteiger partial charge is 0.310 e. The molecule has 1 N–H and O–H groups in total. The zero-order valence-electron chi connectivity index (χ0n) is 17.7. The van der Waals surface area contributed by atoms with Crippen LogP contribution in [0.25, 0.3) is 0 Å². The number of allylic oxidation sites excluding steroid dienone is 4. The van der Waals surface area contributed by atoms with Gasteiger partial charge in [0.1, 0.15) is 0 Å². The van der Waals surface area contributed by atoms with Crippen molar-refractivity contribution in [3.05, 3.63) is 23.8 Å². The van der Waals surface area contributed by atoms with Crippen LogP contribution in [0.3, 0.4) is 0 Å². The third-order valence-electron chi connectivity index (χ3n) is 9.14. The molecule has 1 heterocycles. The molecule has 0 aromatic rings. The number of rotatable bonds is 1. The Labute approximate surface area is 170 Å². The lowest BCUT2D eigenvalue weighted by molar-refractivity contribution is -0.0208. The first-order valence-electron chi connectivity index (χ1n) is 11.5. The molecule has 0 radical (unpaired) electrons. The highest BCUT2D eigenvalue weighted by molar-refractivity contribution is 5.35. The van der Waals surface area contributed by atoms with Gasteiger partial charge in [-0.2, -0.15) is 5.26 Å². The molecule has 5 aliphatic rings. The Balaban J connectivity index is 1.48. The first-order valence-corrected chi connectivity index (χ1v) is 11.5. The molecule has 4 aliphatic carbocycles. The Hall–Kier alpha value is -1.51. The fourth-order valence-corrected chi connectivity index (χ4v) is 7.73. The number of nitriles is 1. The van der Waals surface area contributed by atoms with Crippen LogP contribution in [-0.2, 0) is 0 Å². The zero-order chi connectivity index (χ0) is 19.5. The fraction of sp³-hybridized carbons (Fsp3) is 0.731. The molecule has 3 saturated carbocycles. The molecule has 0 bridgehead atoms. The van der Waals surface area contributed by atoms with E-state index in [-0.39, 0.29) is 11.3 Å². The molecule has 6 unspecified atom stereocenters. The van der Waals surface area contributed by atoms with Crippen LogP contribution in [0.1, 0.15) is 59.3 Å². The summed E-state index contributed by atoms with van der Waals surface area (Å²) in [5.41, 5.74) is 2.14. The van der Waals surface area contributed by atoms with Crippen molar-refractivity contribution in [1.29, 1.82) is 5.26 Å². The normalized spacial score (nSPS) is 48.5. The molecule has 2 nitrogen and oxygen atoms in total. The lowest BCUT2D eigenvalue weighted by atomic mass is 9.48. The second-order valence-electron chi connectivity index (χ2n) is 10.6. The molecule has 8 atom stereocenters. The van der Waals surface area contributed by atoms with Crippen molar-refractivity contribution in [1.82, 2.24) is 5.32 Å². The van der Waals surface area contributed by atoms with E-state index in [1.165, 1.54) is 38.5 Å². The number of fused-ring (bicyclic) bond motifs is 5. The second-order valence-corrected chi connectivity index (χ2v) is 10.6. The van der Waals surface area contributed by atoms with Crippen LogP contribution >= 0.6 is 0 Å². The van der Waals surface area contributed by atoms with Crippen molar-refractivity contribution in [3.8, 4) is 17.9 Å². The summed E-state index contributed by atoms with van der Waals surface area (Å²) in [6.07, 6.45) is 14.4. The highest BCUT2D eigenvalue weighted by Gasteiger charge is 2.66. The van der Waals surface area contributed by atoms with Gasteiger partial charge in [0, 0.05) is 18.5 Å². The van der Waals surface area contributed by atoms with E-state index in [0.29, 0.717) is 29.2 Å². The zero-order valence-corrected chi connectivity index (χ0v) is 17.7. The second kappa shape index (κ2) is 6.50. The third kappa shape index (κ3) is 2.50. The van der Waals surface area contributed by atoms with E-state index in [1.54, 1.807) is 5.57 Å². The Kier molecular flexibility index (Phi) is 4.30. The average Bonchev–Trinajstić information content (AvgIpc) is 3.49. The van der Waals surface area contributed by atoms with Gasteiger partial charge in [-0.25, -0.2) is 0 Å². The quantitative estimate of drug-likeness (QED) is 0.513. The van der Waals surface area contributed by atoms with Crippen molar-refractivity contribution < 1.29 is 0 Å². The van der Waals surface area contributed by atoms with Crippen molar-refractivity contribution in [2.45, 2.75) is 65.3 Å². The minimum atomic E-state index is 0.101. The molecular formula is C26H34N2. The maximum absolute atomic E-state index is 9.61. The van der Waals surface area contributed by atoms with E-state index in [9.17, 15) is 5.26 Å². The first kappa shape index (κ1) is 18.5. The predicted octanol–water partition coefficient (Wildman–Crippen LogP) is 5.09. The van der Waals surface area contributed by atoms with Gasteiger partial charge in [-0.1, -0.05) is 56.4 Å². The Morgan fingerprint density at radius 2 is 1.96 bits per heavy atom. The van der Waals surface area contributed by atoms with E-state index in [4.69, 9.17) is 0 Å². The smallest absolute Gasteiger partial charge is 0.0712 e. The van der Waals surface area contributed by atoms with Crippen LogP contribution in [-0.4, -0.2) is 12.6 Å². The highest BCUT2D eigenvalue weighted by Crippen LogP contribution is 2.69. The molecule has 1 aliphatic heterocycles. The molecule has 4 fully saturated rings. The van der Waals surface area contributed by atoms with E-state index >= 15 is 0 Å². The lowest BCUT2D eigenvalue weighted by Crippen LogP contribution is -2.51. The molecule has 0 aromatic carbocycles. The topological polar surface area (TPSA) is 45.7 Å². The molecule has 5 rings (SSSR count). The van der Waals surface area contributed by atoms with Crippen molar-refractivity contribution in [3.63, 3.8) is 0 Å². The Bertz CT molecular complexity index is 814. The molecule has 28 heavy (non-hydrogen) atoms. The van der Waals surface area contributed by atoms with Crippen LogP contribution in [0.4, 0.5) is 0 Å². The highest BCUT2D eigenvalue weighted by atomic mass is 15.1. The number of nitrogens with zero attached hydrogens (tertiary/aromatic N) is 1. The van der Waals surface area contributed by atoms with Gasteiger partial charge in [0.15, 0.2) is 0 Å². The summed E-state index contributed by atoms with van der Waals surface area (Å²) in [5.74, 6) is 10.8. The van der Waals surface area contributed by atoms with Gasteiger partial charge in [0.05, 0.1) is 17.4 Å². The minimum absolute atomic E-state index is 0.101. The van der Waals surface area contributed by atoms with Crippen molar-refractivity contribution >= 4 is 0 Å². The van der Waals surface area contributed by atoms with E-state index in [0.717, 1.165) is 18.4 Å². The van der Waals surface area contributed by atoms with Crippen LogP contribution in [0.15, 0.2) is 23.8 Å². The average molecular weight is 375 g/mol. The molecule has 0 aromatic heterocycles. The van der Waals surface area contributed by atoms with Gasteiger partial charge < -0.3 is 5.32 Å².